The van der Waals surface area contributed by atoms with Gasteiger partial charge in [0, 0.05) is 0 Å². The van der Waals surface area contributed by atoms with Gasteiger partial charge >= 0.3 is 0 Å². The first-order valence-corrected chi connectivity index (χ1v) is 4.99. The Bertz CT molecular complexity index is 366. The molecule has 0 fully saturated rings. The Balaban J connectivity index is 3.15. The van der Waals surface area contributed by atoms with Gasteiger partial charge in [0.05, 0.1) is 11.4 Å². The van der Waals surface area contributed by atoms with E-state index in [2.05, 4.69) is 4.98 Å². The van der Waals surface area contributed by atoms with Crippen molar-refractivity contribution in [3.63, 3.8) is 0 Å². The second-order valence-electron chi connectivity index (χ2n) is 2.72. The highest BCUT2D eigenvalue weighted by molar-refractivity contribution is 7.90. The molecule has 5 nitrogen and oxygen atoms in total. The van der Waals surface area contributed by atoms with Gasteiger partial charge < -0.3 is 5.73 Å². The standard InChI is InChI=1S/C6H11N3O2S/c1-5(2)12(10,11)9-3-6(7)8-4-9/h3-5H,7H2,1-2H3. The highest BCUT2D eigenvalue weighted by Crippen LogP contribution is 2.07. The average molecular weight is 189 g/mol. The van der Waals surface area contributed by atoms with E-state index in [1.165, 1.54) is 12.5 Å². The van der Waals surface area contributed by atoms with Crippen molar-refractivity contribution in [2.45, 2.75) is 19.1 Å². The minimum Gasteiger partial charge on any atom is -0.382 e. The lowest BCUT2D eigenvalue weighted by Crippen LogP contribution is -2.20. The molecule has 1 heterocycles. The van der Waals surface area contributed by atoms with Crippen LogP contribution in [0.2, 0.25) is 0 Å². The first kappa shape index (κ1) is 9.05. The summed E-state index contributed by atoms with van der Waals surface area (Å²) in [6.45, 7) is 3.21. The fraction of sp³-hybridized carbons (Fsp3) is 0.500. The SMILES string of the molecule is CC(C)S(=O)(=O)n1cnc(N)c1. The number of hydrogen-bond acceptors (Lipinski definition) is 4. The number of nitrogen functional groups attached to an aromatic ring is 1. The van der Waals surface area contributed by atoms with Gasteiger partial charge in [-0.3, -0.25) is 0 Å². The summed E-state index contributed by atoms with van der Waals surface area (Å²) in [5.74, 6) is 0.208. The first-order chi connectivity index (χ1) is 5.44. The molecule has 0 saturated heterocycles. The number of hydrogen-bond donors (Lipinski definition) is 1. The van der Waals surface area contributed by atoms with Crippen LogP contribution >= 0.6 is 0 Å². The topological polar surface area (TPSA) is 78.0 Å². The first-order valence-electron chi connectivity index (χ1n) is 3.48. The Hall–Kier alpha value is -1.04. The molecule has 0 bridgehead atoms. The highest BCUT2D eigenvalue weighted by atomic mass is 32.2. The quantitative estimate of drug-likeness (QED) is 0.713. The maximum Gasteiger partial charge on any atom is 0.242 e. The van der Waals surface area contributed by atoms with Gasteiger partial charge in [-0.05, 0) is 13.8 Å². The molecule has 0 aliphatic rings. The second-order valence-corrected chi connectivity index (χ2v) is 5.12. The summed E-state index contributed by atoms with van der Waals surface area (Å²) in [5, 5.41) is -0.467. The van der Waals surface area contributed by atoms with Gasteiger partial charge in [0.25, 0.3) is 0 Å². The van der Waals surface area contributed by atoms with E-state index in [9.17, 15) is 8.42 Å². The molecule has 1 aromatic rings. The third-order valence-electron chi connectivity index (χ3n) is 1.47. The maximum atomic E-state index is 11.4. The molecule has 0 aromatic carbocycles. The predicted octanol–water partition coefficient (Wildman–Crippen LogP) is 0.0516. The Morgan fingerprint density at radius 3 is 2.50 bits per heavy atom. The van der Waals surface area contributed by atoms with Crippen LogP contribution < -0.4 is 5.73 Å². The molecule has 0 radical (unpaired) electrons. The highest BCUT2D eigenvalue weighted by Gasteiger charge is 2.17. The van der Waals surface area contributed by atoms with Gasteiger partial charge in [0.2, 0.25) is 10.0 Å². The number of aromatic nitrogens is 2. The van der Waals surface area contributed by atoms with E-state index >= 15 is 0 Å². The summed E-state index contributed by atoms with van der Waals surface area (Å²) in [4.78, 5) is 3.63. The van der Waals surface area contributed by atoms with E-state index in [0.29, 0.717) is 0 Å². The third kappa shape index (κ3) is 1.42. The van der Waals surface area contributed by atoms with E-state index in [1.807, 2.05) is 0 Å². The summed E-state index contributed by atoms with van der Waals surface area (Å²) < 4.78 is 23.9. The minimum atomic E-state index is -3.28. The average Bonchev–Trinajstić information content (AvgIpc) is 2.35. The molecule has 0 unspecified atom stereocenters. The molecule has 0 atom stereocenters. The predicted molar refractivity (Wildman–Crippen MR) is 46.1 cm³/mol. The molecule has 0 spiro atoms. The Kier molecular flexibility index (Phi) is 2.10. The third-order valence-corrected chi connectivity index (χ3v) is 3.45. The number of nitrogens with two attached hydrogens (primary N) is 1. The molecule has 1 aromatic heterocycles. The van der Waals surface area contributed by atoms with E-state index in [4.69, 9.17) is 5.73 Å². The van der Waals surface area contributed by atoms with Crippen LogP contribution in [0.3, 0.4) is 0 Å². The van der Waals surface area contributed by atoms with E-state index in [1.54, 1.807) is 13.8 Å². The van der Waals surface area contributed by atoms with Gasteiger partial charge in [-0.15, -0.1) is 0 Å². The molecular formula is C6H11N3O2S. The summed E-state index contributed by atoms with van der Waals surface area (Å²) >= 11 is 0. The molecule has 0 aliphatic heterocycles. The number of rotatable bonds is 2. The van der Waals surface area contributed by atoms with Gasteiger partial charge in [-0.1, -0.05) is 0 Å². The molecular weight excluding hydrogens is 178 g/mol. The van der Waals surface area contributed by atoms with Gasteiger partial charge in [-0.25, -0.2) is 17.4 Å². The second kappa shape index (κ2) is 2.78. The maximum absolute atomic E-state index is 11.4. The number of anilines is 1. The summed E-state index contributed by atoms with van der Waals surface area (Å²) in [6.07, 6.45) is 2.49. The molecule has 0 amide bonds. The number of nitrogens with zero attached hydrogens (tertiary/aromatic N) is 2. The van der Waals surface area contributed by atoms with Crippen molar-refractivity contribution in [1.29, 1.82) is 0 Å². The molecule has 0 aliphatic carbocycles. The van der Waals surface area contributed by atoms with Crippen molar-refractivity contribution in [3.8, 4) is 0 Å². The summed E-state index contributed by atoms with van der Waals surface area (Å²) in [7, 11) is -3.28. The summed E-state index contributed by atoms with van der Waals surface area (Å²) in [5.41, 5.74) is 5.28. The Morgan fingerprint density at radius 2 is 2.17 bits per heavy atom. The lowest BCUT2D eigenvalue weighted by atomic mass is 10.6. The van der Waals surface area contributed by atoms with Crippen LogP contribution in [-0.2, 0) is 10.0 Å². The van der Waals surface area contributed by atoms with Gasteiger partial charge in [0.15, 0.2) is 0 Å². The van der Waals surface area contributed by atoms with Crippen molar-refractivity contribution >= 4 is 15.8 Å². The zero-order valence-electron chi connectivity index (χ0n) is 6.93. The van der Waals surface area contributed by atoms with Crippen molar-refractivity contribution in [2.75, 3.05) is 5.73 Å². The van der Waals surface area contributed by atoms with Crippen LogP contribution in [0.25, 0.3) is 0 Å². The zero-order valence-corrected chi connectivity index (χ0v) is 7.75. The molecule has 68 valence electrons. The van der Waals surface area contributed by atoms with Crippen LogP contribution in [0, 0.1) is 0 Å². The van der Waals surface area contributed by atoms with Gasteiger partial charge in [-0.2, -0.15) is 0 Å². The normalized spacial score (nSPS) is 12.2. The van der Waals surface area contributed by atoms with Crippen LogP contribution in [0.4, 0.5) is 5.82 Å². The molecule has 0 saturated carbocycles. The zero-order chi connectivity index (χ0) is 9.35. The van der Waals surface area contributed by atoms with Crippen LogP contribution in [0.5, 0.6) is 0 Å². The van der Waals surface area contributed by atoms with Crippen molar-refractivity contribution in [2.24, 2.45) is 0 Å². The van der Waals surface area contributed by atoms with Crippen molar-refractivity contribution in [1.82, 2.24) is 8.96 Å². The summed E-state index contributed by atoms with van der Waals surface area (Å²) in [6, 6.07) is 0. The lowest BCUT2D eigenvalue weighted by molar-refractivity contribution is 0.578. The van der Waals surface area contributed by atoms with Crippen LogP contribution in [0.15, 0.2) is 12.5 Å². The fourth-order valence-electron chi connectivity index (χ4n) is 0.703. The van der Waals surface area contributed by atoms with Crippen molar-refractivity contribution < 1.29 is 8.42 Å². The lowest BCUT2D eigenvalue weighted by Gasteiger charge is -2.06. The molecule has 12 heavy (non-hydrogen) atoms. The van der Waals surface area contributed by atoms with E-state index in [-0.39, 0.29) is 5.82 Å². The van der Waals surface area contributed by atoms with Crippen LogP contribution in [-0.4, -0.2) is 22.6 Å². The molecule has 6 heteroatoms. The minimum absolute atomic E-state index is 0.208. The molecule has 1 rings (SSSR count). The number of imidazole rings is 1. The van der Waals surface area contributed by atoms with Crippen LogP contribution in [0.1, 0.15) is 13.8 Å². The molecule has 2 N–H and O–H groups in total. The monoisotopic (exact) mass is 189 g/mol. The van der Waals surface area contributed by atoms with Crippen molar-refractivity contribution in [3.05, 3.63) is 12.5 Å². The van der Waals surface area contributed by atoms with Gasteiger partial charge in [0.1, 0.15) is 12.1 Å². The van der Waals surface area contributed by atoms with E-state index in [0.717, 1.165) is 3.97 Å². The smallest absolute Gasteiger partial charge is 0.242 e. The van der Waals surface area contributed by atoms with E-state index < -0.39 is 15.3 Å². The Morgan fingerprint density at radius 1 is 1.58 bits per heavy atom. The largest absolute Gasteiger partial charge is 0.382 e. The Labute approximate surface area is 71.3 Å². The fourth-order valence-corrected chi connectivity index (χ4v) is 1.62.